The summed E-state index contributed by atoms with van der Waals surface area (Å²) in [5.41, 5.74) is 0.662. The Morgan fingerprint density at radius 1 is 1.29 bits per heavy atom. The molecule has 1 heterocycles. The number of ketones is 1. The number of hydrogen-bond donors (Lipinski definition) is 0. The van der Waals surface area contributed by atoms with Crippen LogP contribution in [0.4, 0.5) is 10.1 Å². The van der Waals surface area contributed by atoms with Crippen LogP contribution < -0.4 is 4.90 Å². The van der Waals surface area contributed by atoms with Gasteiger partial charge in [-0.2, -0.15) is 0 Å². The summed E-state index contributed by atoms with van der Waals surface area (Å²) >= 11 is 0. The van der Waals surface area contributed by atoms with Crippen LogP contribution in [0.25, 0.3) is 0 Å². The minimum absolute atomic E-state index is 0.00905. The van der Waals surface area contributed by atoms with Gasteiger partial charge < -0.3 is 9.80 Å². The summed E-state index contributed by atoms with van der Waals surface area (Å²) in [5.74, 6) is -0.612. The van der Waals surface area contributed by atoms with Crippen molar-refractivity contribution in [2.45, 2.75) is 33.2 Å². The fraction of sp³-hybridized carbons (Fsp3) is 0.500. The lowest BCUT2D eigenvalue weighted by Crippen LogP contribution is -2.62. The zero-order valence-corrected chi connectivity index (χ0v) is 13.2. The lowest BCUT2D eigenvalue weighted by Gasteiger charge is -2.46. The summed E-state index contributed by atoms with van der Waals surface area (Å²) in [6.07, 6.45) is 0. The normalized spacial score (nSPS) is 18.1. The molecular weight excluding hydrogens is 271 g/mol. The summed E-state index contributed by atoms with van der Waals surface area (Å²) in [6, 6.07) is 2.93. The van der Waals surface area contributed by atoms with Gasteiger partial charge in [0.25, 0.3) is 0 Å². The van der Waals surface area contributed by atoms with Crippen LogP contribution in [0.3, 0.4) is 0 Å². The number of aryl methyl sites for hydroxylation is 1. The molecule has 1 aliphatic rings. The molecule has 0 unspecified atom stereocenters. The summed E-state index contributed by atoms with van der Waals surface area (Å²) in [6.45, 7) is 7.92. The number of nitrogens with zero attached hydrogens (tertiary/aromatic N) is 2. The van der Waals surface area contributed by atoms with Crippen molar-refractivity contribution in [1.29, 1.82) is 0 Å². The number of likely N-dealkylation sites (N-methyl/N-ethyl adjacent to an activating group) is 1. The van der Waals surface area contributed by atoms with E-state index in [-0.39, 0.29) is 11.7 Å². The first-order valence-corrected chi connectivity index (χ1v) is 7.00. The average Bonchev–Trinajstić information content (AvgIpc) is 2.39. The predicted octanol–water partition coefficient (Wildman–Crippen LogP) is 2.39. The molecule has 1 aromatic carbocycles. The van der Waals surface area contributed by atoms with E-state index < -0.39 is 11.4 Å². The Kier molecular flexibility index (Phi) is 3.78. The fourth-order valence-electron chi connectivity index (χ4n) is 2.81. The van der Waals surface area contributed by atoms with Crippen LogP contribution in [0.2, 0.25) is 0 Å². The standard InChI is InChI=1S/C16H21FN2O2/c1-10-8-14(12(11(2)20)9-13(10)17)19-7-6-18(5)15(21)16(19,3)4/h8-9H,6-7H2,1-5H3. The topological polar surface area (TPSA) is 40.6 Å². The molecule has 0 aliphatic carbocycles. The highest BCUT2D eigenvalue weighted by Crippen LogP contribution is 2.33. The maximum Gasteiger partial charge on any atom is 0.247 e. The van der Waals surface area contributed by atoms with E-state index in [0.717, 1.165) is 0 Å². The second kappa shape index (κ2) is 5.13. The molecule has 1 aliphatic heterocycles. The van der Waals surface area contributed by atoms with E-state index in [1.807, 2.05) is 18.7 Å². The molecule has 0 spiro atoms. The van der Waals surface area contributed by atoms with Gasteiger partial charge in [-0.25, -0.2) is 4.39 Å². The summed E-state index contributed by atoms with van der Waals surface area (Å²) in [4.78, 5) is 27.8. The number of rotatable bonds is 2. The van der Waals surface area contributed by atoms with Crippen LogP contribution in [0.5, 0.6) is 0 Å². The summed E-state index contributed by atoms with van der Waals surface area (Å²) in [5, 5.41) is 0. The van der Waals surface area contributed by atoms with Gasteiger partial charge in [0.2, 0.25) is 5.91 Å². The number of piperazine rings is 1. The van der Waals surface area contributed by atoms with Gasteiger partial charge in [-0.1, -0.05) is 0 Å². The van der Waals surface area contributed by atoms with Crippen molar-refractivity contribution in [2.75, 3.05) is 25.0 Å². The van der Waals surface area contributed by atoms with Crippen molar-refractivity contribution in [3.05, 3.63) is 29.1 Å². The monoisotopic (exact) mass is 292 g/mol. The Labute approximate surface area is 124 Å². The average molecular weight is 292 g/mol. The van der Waals surface area contributed by atoms with Gasteiger partial charge >= 0.3 is 0 Å². The maximum atomic E-state index is 13.8. The third-order valence-electron chi connectivity index (χ3n) is 4.15. The number of amides is 1. The molecule has 1 saturated heterocycles. The second-order valence-corrected chi connectivity index (χ2v) is 6.11. The quantitative estimate of drug-likeness (QED) is 0.786. The Balaban J connectivity index is 2.58. The van der Waals surface area contributed by atoms with Gasteiger partial charge in [0.05, 0.1) is 0 Å². The van der Waals surface area contributed by atoms with E-state index in [1.54, 1.807) is 24.9 Å². The van der Waals surface area contributed by atoms with Crippen molar-refractivity contribution in [1.82, 2.24) is 4.90 Å². The molecule has 0 bridgehead atoms. The van der Waals surface area contributed by atoms with E-state index in [9.17, 15) is 14.0 Å². The number of anilines is 1. The predicted molar refractivity (Wildman–Crippen MR) is 80.2 cm³/mol. The number of carbonyl (C=O) groups is 2. The van der Waals surface area contributed by atoms with Crippen LogP contribution in [0, 0.1) is 12.7 Å². The molecule has 1 fully saturated rings. The molecule has 1 amide bonds. The maximum absolute atomic E-state index is 13.8. The van der Waals surface area contributed by atoms with Crippen LogP contribution in [-0.4, -0.2) is 42.3 Å². The Morgan fingerprint density at radius 2 is 1.90 bits per heavy atom. The first-order valence-electron chi connectivity index (χ1n) is 7.00. The van der Waals surface area contributed by atoms with Crippen molar-refractivity contribution in [3.8, 4) is 0 Å². The first kappa shape index (κ1) is 15.5. The van der Waals surface area contributed by atoms with Crippen LogP contribution in [-0.2, 0) is 4.79 Å². The number of hydrogen-bond acceptors (Lipinski definition) is 3. The third kappa shape index (κ3) is 2.52. The Hall–Kier alpha value is -1.91. The molecular formula is C16H21FN2O2. The van der Waals surface area contributed by atoms with E-state index >= 15 is 0 Å². The smallest absolute Gasteiger partial charge is 0.247 e. The third-order valence-corrected chi connectivity index (χ3v) is 4.15. The minimum Gasteiger partial charge on any atom is -0.355 e. The van der Waals surface area contributed by atoms with Gasteiger partial charge in [0.1, 0.15) is 11.4 Å². The molecule has 5 heteroatoms. The molecule has 0 aromatic heterocycles. The summed E-state index contributed by atoms with van der Waals surface area (Å²) < 4.78 is 13.8. The number of Topliss-reactive ketones (excluding diaryl/α,β-unsaturated/α-hetero) is 1. The lowest BCUT2D eigenvalue weighted by molar-refractivity contribution is -0.136. The molecule has 21 heavy (non-hydrogen) atoms. The molecule has 1 aromatic rings. The number of benzene rings is 1. The zero-order chi connectivity index (χ0) is 15.9. The van der Waals surface area contributed by atoms with Crippen LogP contribution in [0.15, 0.2) is 12.1 Å². The highest BCUT2D eigenvalue weighted by molar-refractivity contribution is 6.01. The molecule has 0 N–H and O–H groups in total. The molecule has 2 rings (SSSR count). The number of halogens is 1. The van der Waals surface area contributed by atoms with Gasteiger partial charge in [0.15, 0.2) is 5.78 Å². The molecule has 0 atom stereocenters. The van der Waals surface area contributed by atoms with E-state index in [1.165, 1.54) is 13.0 Å². The van der Waals surface area contributed by atoms with Crippen molar-refractivity contribution >= 4 is 17.4 Å². The first-order chi connectivity index (χ1) is 9.66. The molecule has 0 radical (unpaired) electrons. The minimum atomic E-state index is -0.762. The van der Waals surface area contributed by atoms with Gasteiger partial charge in [-0.05, 0) is 45.4 Å². The van der Waals surface area contributed by atoms with Gasteiger partial charge in [-0.15, -0.1) is 0 Å². The molecule has 4 nitrogen and oxygen atoms in total. The Bertz CT molecular complexity index is 611. The lowest BCUT2D eigenvalue weighted by atomic mass is 9.94. The van der Waals surface area contributed by atoms with Crippen molar-refractivity contribution < 1.29 is 14.0 Å². The van der Waals surface area contributed by atoms with Crippen molar-refractivity contribution in [3.63, 3.8) is 0 Å². The number of carbonyl (C=O) groups excluding carboxylic acids is 2. The zero-order valence-electron chi connectivity index (χ0n) is 13.2. The fourth-order valence-corrected chi connectivity index (χ4v) is 2.81. The SMILES string of the molecule is CC(=O)c1cc(F)c(C)cc1N1CCN(C)C(=O)C1(C)C. The van der Waals surface area contributed by atoms with Crippen molar-refractivity contribution in [2.24, 2.45) is 0 Å². The summed E-state index contributed by atoms with van der Waals surface area (Å²) in [7, 11) is 1.77. The molecule has 114 valence electrons. The van der Waals surface area contributed by atoms with E-state index in [2.05, 4.69) is 0 Å². The highest BCUT2D eigenvalue weighted by atomic mass is 19.1. The highest BCUT2D eigenvalue weighted by Gasteiger charge is 2.41. The van der Waals surface area contributed by atoms with Gasteiger partial charge in [0, 0.05) is 31.4 Å². The second-order valence-electron chi connectivity index (χ2n) is 6.11. The molecule has 0 saturated carbocycles. The van der Waals surface area contributed by atoms with Crippen LogP contribution >= 0.6 is 0 Å². The Morgan fingerprint density at radius 3 is 2.48 bits per heavy atom. The van der Waals surface area contributed by atoms with E-state index in [0.29, 0.717) is 29.9 Å². The van der Waals surface area contributed by atoms with Crippen LogP contribution in [0.1, 0.15) is 36.7 Å². The van der Waals surface area contributed by atoms with E-state index in [4.69, 9.17) is 0 Å². The largest absolute Gasteiger partial charge is 0.355 e. The van der Waals surface area contributed by atoms with Gasteiger partial charge in [-0.3, -0.25) is 9.59 Å².